The first-order valence-electron chi connectivity index (χ1n) is 8.32. The van der Waals surface area contributed by atoms with Crippen LogP contribution in [0, 0.1) is 17.3 Å². The van der Waals surface area contributed by atoms with E-state index in [1.54, 1.807) is 0 Å². The van der Waals surface area contributed by atoms with E-state index in [1.165, 1.54) is 0 Å². The quantitative estimate of drug-likeness (QED) is 0.665. The van der Waals surface area contributed by atoms with Gasteiger partial charge in [-0.2, -0.15) is 0 Å². The molecule has 0 heterocycles. The van der Waals surface area contributed by atoms with E-state index in [1.807, 2.05) is 0 Å². The molecule has 0 radical (unpaired) electrons. The van der Waals surface area contributed by atoms with Crippen LogP contribution in [0.4, 0.5) is 0 Å². The molecular formula is C17H36N2O. The number of rotatable bonds is 10. The number of hydrogen-bond donors (Lipinski definition) is 1. The molecule has 0 aromatic heterocycles. The van der Waals surface area contributed by atoms with Gasteiger partial charge in [-0.05, 0) is 37.5 Å². The second-order valence-electron chi connectivity index (χ2n) is 6.85. The normalized spacial score (nSPS) is 12.2. The van der Waals surface area contributed by atoms with E-state index in [-0.39, 0.29) is 11.3 Å². The van der Waals surface area contributed by atoms with Crippen molar-refractivity contribution in [3.8, 4) is 0 Å². The number of nitrogens with two attached hydrogens (primary N) is 1. The Labute approximate surface area is 126 Å². The van der Waals surface area contributed by atoms with Crippen LogP contribution in [-0.2, 0) is 4.79 Å². The van der Waals surface area contributed by atoms with Gasteiger partial charge in [0, 0.05) is 19.6 Å². The highest BCUT2D eigenvalue weighted by Crippen LogP contribution is 2.28. The van der Waals surface area contributed by atoms with Gasteiger partial charge in [-0.25, -0.2) is 0 Å². The van der Waals surface area contributed by atoms with Gasteiger partial charge in [-0.1, -0.05) is 41.5 Å². The van der Waals surface area contributed by atoms with E-state index in [4.69, 9.17) is 5.73 Å². The van der Waals surface area contributed by atoms with Crippen LogP contribution in [0.1, 0.15) is 67.2 Å². The van der Waals surface area contributed by atoms with Gasteiger partial charge in [-0.15, -0.1) is 0 Å². The van der Waals surface area contributed by atoms with E-state index >= 15 is 0 Å². The Hall–Kier alpha value is -0.570. The molecule has 3 nitrogen and oxygen atoms in total. The van der Waals surface area contributed by atoms with E-state index < -0.39 is 0 Å². The van der Waals surface area contributed by atoms with E-state index in [2.05, 4.69) is 46.4 Å². The summed E-state index contributed by atoms with van der Waals surface area (Å²) in [4.78, 5) is 15.0. The number of nitrogens with zero attached hydrogens (tertiary/aromatic N) is 1. The molecule has 2 N–H and O–H groups in total. The maximum Gasteiger partial charge on any atom is 0.230 e. The van der Waals surface area contributed by atoms with Crippen molar-refractivity contribution in [2.75, 3.05) is 19.6 Å². The van der Waals surface area contributed by atoms with Crippen molar-refractivity contribution in [1.82, 2.24) is 4.90 Å². The Balaban J connectivity index is 4.92. The van der Waals surface area contributed by atoms with Crippen molar-refractivity contribution in [1.29, 1.82) is 0 Å². The van der Waals surface area contributed by atoms with Crippen LogP contribution in [0.25, 0.3) is 0 Å². The molecule has 0 aromatic carbocycles. The van der Waals surface area contributed by atoms with Gasteiger partial charge in [0.15, 0.2) is 0 Å². The molecule has 0 aliphatic heterocycles. The lowest BCUT2D eigenvalue weighted by Gasteiger charge is -2.36. The summed E-state index contributed by atoms with van der Waals surface area (Å²) >= 11 is 0. The minimum absolute atomic E-state index is 0.270. The number of carbonyl (C=O) groups excluding carboxylic acids is 1. The molecule has 0 atom stereocenters. The summed E-state index contributed by atoms with van der Waals surface area (Å²) in [6.45, 7) is 15.2. The predicted octanol–water partition coefficient (Wildman–Crippen LogP) is 3.67. The molecule has 0 fully saturated rings. The summed E-state index contributed by atoms with van der Waals surface area (Å²) in [5, 5.41) is 0. The number of amides is 1. The third-order valence-corrected chi connectivity index (χ3v) is 4.44. The standard InChI is InChI=1S/C17H36N2O/c1-7-17(8-2,13-18)16(20)19(11-9-14(3)4)12-10-15(5)6/h14-15H,7-13,18H2,1-6H3. The first-order valence-corrected chi connectivity index (χ1v) is 8.32. The SMILES string of the molecule is CCC(CC)(CN)C(=O)N(CCC(C)C)CCC(C)C. The average molecular weight is 284 g/mol. The summed E-state index contributed by atoms with van der Waals surface area (Å²) in [6, 6.07) is 0. The molecule has 3 heteroatoms. The van der Waals surface area contributed by atoms with E-state index in [9.17, 15) is 4.79 Å². The Morgan fingerprint density at radius 3 is 1.65 bits per heavy atom. The lowest BCUT2D eigenvalue weighted by Crippen LogP contribution is -2.48. The third-order valence-electron chi connectivity index (χ3n) is 4.44. The van der Waals surface area contributed by atoms with Crippen LogP contribution in [0.3, 0.4) is 0 Å². The van der Waals surface area contributed by atoms with Crippen molar-refractivity contribution in [3.05, 3.63) is 0 Å². The topological polar surface area (TPSA) is 46.3 Å². The van der Waals surface area contributed by atoms with Crippen LogP contribution in [0.2, 0.25) is 0 Å². The summed E-state index contributed by atoms with van der Waals surface area (Å²) in [5.41, 5.74) is 5.58. The van der Waals surface area contributed by atoms with Crippen LogP contribution in [0.5, 0.6) is 0 Å². The third kappa shape index (κ3) is 5.82. The van der Waals surface area contributed by atoms with Crippen molar-refractivity contribution in [2.45, 2.75) is 67.2 Å². The second kappa shape index (κ2) is 9.38. The first kappa shape index (κ1) is 19.4. The number of hydrogen-bond acceptors (Lipinski definition) is 2. The fraction of sp³-hybridized carbons (Fsp3) is 0.941. The molecule has 120 valence electrons. The van der Waals surface area contributed by atoms with E-state index in [0.717, 1.165) is 38.8 Å². The zero-order chi connectivity index (χ0) is 15.8. The Morgan fingerprint density at radius 1 is 1.00 bits per heavy atom. The molecule has 0 saturated carbocycles. The second-order valence-corrected chi connectivity index (χ2v) is 6.85. The summed E-state index contributed by atoms with van der Waals surface area (Å²) < 4.78 is 0. The number of carbonyl (C=O) groups is 1. The highest BCUT2D eigenvalue weighted by atomic mass is 16.2. The highest BCUT2D eigenvalue weighted by molar-refractivity contribution is 5.83. The first-order chi connectivity index (χ1) is 9.32. The lowest BCUT2D eigenvalue weighted by molar-refractivity contribution is -0.142. The smallest absolute Gasteiger partial charge is 0.230 e. The minimum atomic E-state index is -0.353. The molecular weight excluding hydrogens is 248 g/mol. The van der Waals surface area contributed by atoms with Crippen molar-refractivity contribution in [3.63, 3.8) is 0 Å². The molecule has 0 bridgehead atoms. The van der Waals surface area contributed by atoms with Gasteiger partial charge in [0.25, 0.3) is 0 Å². The van der Waals surface area contributed by atoms with Crippen molar-refractivity contribution >= 4 is 5.91 Å². The molecule has 0 saturated heterocycles. The molecule has 0 aliphatic rings. The molecule has 0 unspecified atom stereocenters. The maximum absolute atomic E-state index is 12.9. The zero-order valence-electron chi connectivity index (χ0n) is 14.5. The molecule has 0 spiro atoms. The fourth-order valence-corrected chi connectivity index (χ4v) is 2.41. The van der Waals surface area contributed by atoms with Crippen molar-refractivity contribution < 1.29 is 4.79 Å². The Kier molecular flexibility index (Phi) is 9.11. The zero-order valence-corrected chi connectivity index (χ0v) is 14.5. The van der Waals surface area contributed by atoms with Gasteiger partial charge in [0.05, 0.1) is 5.41 Å². The minimum Gasteiger partial charge on any atom is -0.342 e. The van der Waals surface area contributed by atoms with E-state index in [0.29, 0.717) is 18.4 Å². The maximum atomic E-state index is 12.9. The molecule has 0 rings (SSSR count). The highest BCUT2D eigenvalue weighted by Gasteiger charge is 2.36. The fourth-order valence-electron chi connectivity index (χ4n) is 2.41. The van der Waals surface area contributed by atoms with Crippen LogP contribution >= 0.6 is 0 Å². The predicted molar refractivity (Wildman–Crippen MR) is 87.6 cm³/mol. The van der Waals surface area contributed by atoms with Gasteiger partial charge >= 0.3 is 0 Å². The van der Waals surface area contributed by atoms with Gasteiger partial charge in [0.2, 0.25) is 5.91 Å². The largest absolute Gasteiger partial charge is 0.342 e. The van der Waals surface area contributed by atoms with Crippen LogP contribution < -0.4 is 5.73 Å². The Bertz CT molecular complexity index is 250. The summed E-state index contributed by atoms with van der Waals surface area (Å²) in [5.74, 6) is 1.52. The van der Waals surface area contributed by atoms with Gasteiger partial charge in [-0.3, -0.25) is 4.79 Å². The lowest BCUT2D eigenvalue weighted by atomic mass is 9.80. The molecule has 20 heavy (non-hydrogen) atoms. The molecule has 1 amide bonds. The van der Waals surface area contributed by atoms with Gasteiger partial charge < -0.3 is 10.6 Å². The average Bonchev–Trinajstić information content (AvgIpc) is 2.40. The monoisotopic (exact) mass is 284 g/mol. The molecule has 0 aliphatic carbocycles. The van der Waals surface area contributed by atoms with Crippen LogP contribution in [-0.4, -0.2) is 30.4 Å². The summed E-state index contributed by atoms with van der Waals surface area (Å²) in [7, 11) is 0. The van der Waals surface area contributed by atoms with Crippen LogP contribution in [0.15, 0.2) is 0 Å². The summed E-state index contributed by atoms with van der Waals surface area (Å²) in [6.07, 6.45) is 3.80. The van der Waals surface area contributed by atoms with Crippen molar-refractivity contribution in [2.24, 2.45) is 23.0 Å². The molecule has 0 aromatic rings. The van der Waals surface area contributed by atoms with Gasteiger partial charge in [0.1, 0.15) is 0 Å². The Morgan fingerprint density at radius 2 is 1.40 bits per heavy atom.